The van der Waals surface area contributed by atoms with Gasteiger partial charge in [-0.1, -0.05) is 30.3 Å². The van der Waals surface area contributed by atoms with Gasteiger partial charge >= 0.3 is 30.5 Å². The van der Waals surface area contributed by atoms with Crippen LogP contribution in [-0.4, -0.2) is 30.3 Å². The number of ether oxygens (including phenoxy) is 2. The number of halogens is 9. The first-order valence-electron chi connectivity index (χ1n) is 11.6. The lowest BCUT2D eigenvalue weighted by Gasteiger charge is -2.42. The van der Waals surface area contributed by atoms with E-state index >= 15 is 0 Å². The molecule has 0 aromatic heterocycles. The summed E-state index contributed by atoms with van der Waals surface area (Å²) in [4.78, 5) is 23.8. The van der Waals surface area contributed by atoms with Gasteiger partial charge in [0, 0.05) is 6.04 Å². The molecule has 0 spiro atoms. The average Bonchev–Trinajstić information content (AvgIpc) is 3.16. The molecule has 0 radical (unpaired) electrons. The van der Waals surface area contributed by atoms with Crippen molar-refractivity contribution < 1.29 is 58.6 Å². The van der Waals surface area contributed by atoms with E-state index in [9.17, 15) is 49.1 Å². The topological polar surface area (TPSA) is 64.6 Å². The first-order valence-corrected chi connectivity index (χ1v) is 11.6. The minimum absolute atomic E-state index is 0.00284. The second-order valence-electron chi connectivity index (χ2n) is 9.40. The molecule has 4 unspecified atom stereocenters. The molecule has 2 aromatic rings. The molecule has 2 aliphatic heterocycles. The van der Waals surface area contributed by atoms with Gasteiger partial charge in [0.2, 0.25) is 0 Å². The molecule has 39 heavy (non-hydrogen) atoms. The third-order valence-corrected chi connectivity index (χ3v) is 6.88. The molecule has 0 aliphatic carbocycles. The predicted octanol–water partition coefficient (Wildman–Crippen LogP) is 5.91. The van der Waals surface area contributed by atoms with Gasteiger partial charge in [-0.2, -0.15) is 39.5 Å². The molecular weight excluding hydrogens is 549 g/mol. The number of fused-ring (bicyclic) bond motifs is 2. The maximum atomic E-state index is 13.3. The average molecular weight is 569 g/mol. The molecule has 0 saturated carbocycles. The summed E-state index contributed by atoms with van der Waals surface area (Å²) in [6.07, 6.45) is -16.3. The number of hydrogen-bond donors (Lipinski definition) is 1. The molecule has 4 rings (SSSR count). The van der Waals surface area contributed by atoms with Crippen molar-refractivity contribution in [2.75, 3.05) is 0 Å². The maximum absolute atomic E-state index is 13.3. The van der Waals surface area contributed by atoms with E-state index in [1.807, 2.05) is 0 Å². The van der Waals surface area contributed by atoms with Crippen molar-refractivity contribution in [2.45, 2.75) is 62.1 Å². The van der Waals surface area contributed by atoms with Crippen LogP contribution in [0.2, 0.25) is 0 Å². The SMILES string of the molecule is O=C(OC(=O)C(F)(F)F)C1CC2(c3ccccc3)NC1CCC2OCc1cc(C(F)(F)F)cc(C(F)(F)F)c1. The van der Waals surface area contributed by atoms with Crippen molar-refractivity contribution in [3.05, 3.63) is 70.8 Å². The Labute approximate surface area is 215 Å². The normalized spacial score (nSPS) is 25.4. The first kappa shape index (κ1) is 28.9. The van der Waals surface area contributed by atoms with E-state index in [1.165, 1.54) is 0 Å². The van der Waals surface area contributed by atoms with Gasteiger partial charge in [-0.3, -0.25) is 4.79 Å². The highest BCUT2D eigenvalue weighted by Crippen LogP contribution is 2.48. The highest BCUT2D eigenvalue weighted by Gasteiger charge is 2.57. The van der Waals surface area contributed by atoms with E-state index in [2.05, 4.69) is 10.1 Å². The van der Waals surface area contributed by atoms with E-state index < -0.39 is 77.4 Å². The molecule has 2 aliphatic rings. The van der Waals surface area contributed by atoms with Crippen molar-refractivity contribution >= 4 is 11.9 Å². The molecule has 212 valence electrons. The van der Waals surface area contributed by atoms with E-state index in [1.54, 1.807) is 30.3 Å². The Balaban J connectivity index is 1.62. The second-order valence-corrected chi connectivity index (χ2v) is 9.40. The summed E-state index contributed by atoms with van der Waals surface area (Å²) in [6, 6.07) is 8.56. The van der Waals surface area contributed by atoms with E-state index in [-0.39, 0.29) is 25.3 Å². The second kappa shape index (κ2) is 10.1. The van der Waals surface area contributed by atoms with Gasteiger partial charge in [0.15, 0.2) is 0 Å². The van der Waals surface area contributed by atoms with Crippen LogP contribution in [-0.2, 0) is 43.6 Å². The summed E-state index contributed by atoms with van der Waals surface area (Å²) in [5.41, 5.74) is -4.13. The zero-order chi connectivity index (χ0) is 28.8. The zero-order valence-electron chi connectivity index (χ0n) is 19.7. The highest BCUT2D eigenvalue weighted by molar-refractivity contribution is 5.90. The largest absolute Gasteiger partial charge is 0.491 e. The molecule has 5 nitrogen and oxygen atoms in total. The molecule has 2 aromatic carbocycles. The van der Waals surface area contributed by atoms with Crippen molar-refractivity contribution in [3.8, 4) is 0 Å². The van der Waals surface area contributed by atoms with Crippen molar-refractivity contribution in [1.82, 2.24) is 5.32 Å². The number of carbonyl (C=O) groups excluding carboxylic acids is 2. The van der Waals surface area contributed by atoms with E-state index in [4.69, 9.17) is 4.74 Å². The number of esters is 2. The number of nitrogens with one attached hydrogen (secondary N) is 1. The van der Waals surface area contributed by atoms with Crippen LogP contribution in [0.3, 0.4) is 0 Å². The fourth-order valence-corrected chi connectivity index (χ4v) is 5.17. The summed E-state index contributed by atoms with van der Waals surface area (Å²) >= 11 is 0. The number of carbonyl (C=O) groups is 2. The van der Waals surface area contributed by atoms with Crippen LogP contribution in [0.5, 0.6) is 0 Å². The Hall–Kier alpha value is -3.13. The Morgan fingerprint density at radius 1 is 0.872 bits per heavy atom. The highest BCUT2D eigenvalue weighted by atomic mass is 19.4. The monoisotopic (exact) mass is 569 g/mol. The lowest BCUT2D eigenvalue weighted by atomic mass is 9.80. The van der Waals surface area contributed by atoms with Crippen molar-refractivity contribution in [3.63, 3.8) is 0 Å². The van der Waals surface area contributed by atoms with E-state index in [0.717, 1.165) is 0 Å². The number of hydrogen-bond acceptors (Lipinski definition) is 5. The molecule has 2 heterocycles. The van der Waals surface area contributed by atoms with Crippen LogP contribution >= 0.6 is 0 Å². The summed E-state index contributed by atoms with van der Waals surface area (Å²) in [5, 5.41) is 3.14. The molecule has 1 N–H and O–H groups in total. The molecule has 2 saturated heterocycles. The predicted molar refractivity (Wildman–Crippen MR) is 115 cm³/mol. The molecule has 14 heteroatoms. The molecule has 0 amide bonds. The molecule has 2 fully saturated rings. The fraction of sp³-hybridized carbons (Fsp3) is 0.440. The number of benzene rings is 2. The van der Waals surface area contributed by atoms with Crippen LogP contribution in [0.25, 0.3) is 0 Å². The number of rotatable bonds is 5. The van der Waals surface area contributed by atoms with Gasteiger partial charge in [-0.15, -0.1) is 0 Å². The van der Waals surface area contributed by atoms with Gasteiger partial charge in [0.25, 0.3) is 0 Å². The minimum Gasteiger partial charge on any atom is -0.386 e. The van der Waals surface area contributed by atoms with Gasteiger partial charge in [0.05, 0.1) is 35.3 Å². The Morgan fingerprint density at radius 3 is 2.00 bits per heavy atom. The lowest BCUT2D eigenvalue weighted by Crippen LogP contribution is -2.54. The Morgan fingerprint density at radius 2 is 1.46 bits per heavy atom. The van der Waals surface area contributed by atoms with Gasteiger partial charge < -0.3 is 14.8 Å². The summed E-state index contributed by atoms with van der Waals surface area (Å²) in [7, 11) is 0. The van der Waals surface area contributed by atoms with Crippen LogP contribution in [0.4, 0.5) is 39.5 Å². The summed E-state index contributed by atoms with van der Waals surface area (Å²) < 4.78 is 127. The summed E-state index contributed by atoms with van der Waals surface area (Å²) in [5.74, 6) is -5.27. The fourth-order valence-electron chi connectivity index (χ4n) is 5.17. The maximum Gasteiger partial charge on any atom is 0.491 e. The molecular formula is C25H20F9NO4. The smallest absolute Gasteiger partial charge is 0.386 e. The number of piperidine rings is 1. The lowest BCUT2D eigenvalue weighted by molar-refractivity contribution is -0.203. The standard InChI is InChI=1S/C25H20F9NO4/c26-23(27,28)15-8-13(9-16(10-15)24(29,30)31)12-38-19-7-6-18-17(20(36)39-21(37)25(32,33)34)11-22(19,35-18)14-4-2-1-3-5-14/h1-5,8-10,17-19,35H,6-7,11-12H2. The number of alkyl halides is 9. The Kier molecular flexibility index (Phi) is 7.49. The van der Waals surface area contributed by atoms with Crippen LogP contribution in [0, 0.1) is 5.92 Å². The quantitative estimate of drug-likeness (QED) is 0.276. The van der Waals surface area contributed by atoms with Crippen LogP contribution in [0.1, 0.15) is 41.5 Å². The van der Waals surface area contributed by atoms with E-state index in [0.29, 0.717) is 17.7 Å². The zero-order valence-corrected chi connectivity index (χ0v) is 19.7. The molecule has 2 bridgehead atoms. The minimum atomic E-state index is -5.39. The third-order valence-electron chi connectivity index (χ3n) is 6.88. The van der Waals surface area contributed by atoms with Gasteiger partial charge in [0.1, 0.15) is 0 Å². The van der Waals surface area contributed by atoms with Crippen molar-refractivity contribution in [1.29, 1.82) is 0 Å². The molecule has 4 atom stereocenters. The third kappa shape index (κ3) is 6.06. The first-order chi connectivity index (χ1) is 18.0. The summed E-state index contributed by atoms with van der Waals surface area (Å²) in [6.45, 7) is -0.653. The Bertz CT molecular complexity index is 1190. The van der Waals surface area contributed by atoms with Crippen LogP contribution in [0.15, 0.2) is 48.5 Å². The van der Waals surface area contributed by atoms with Gasteiger partial charge in [-0.05, 0) is 48.6 Å². The van der Waals surface area contributed by atoms with Gasteiger partial charge in [-0.25, -0.2) is 4.79 Å². The van der Waals surface area contributed by atoms with Crippen molar-refractivity contribution in [2.24, 2.45) is 5.92 Å². The van der Waals surface area contributed by atoms with Crippen LogP contribution < -0.4 is 5.32 Å².